The third kappa shape index (κ3) is 4.84. The lowest BCUT2D eigenvalue weighted by atomic mass is 10.2. The summed E-state index contributed by atoms with van der Waals surface area (Å²) in [7, 11) is 0. The third-order valence-electron chi connectivity index (χ3n) is 1.92. The highest BCUT2D eigenvalue weighted by Gasteiger charge is 2.23. The van der Waals surface area contributed by atoms with Crippen molar-refractivity contribution in [3.63, 3.8) is 0 Å². The average Bonchev–Trinajstić information content (AvgIpc) is 3.02. The second-order valence-corrected chi connectivity index (χ2v) is 3.74. The van der Waals surface area contributed by atoms with Crippen molar-refractivity contribution in [3.8, 4) is 5.75 Å². The summed E-state index contributed by atoms with van der Waals surface area (Å²) in [5.41, 5.74) is 1.18. The summed E-state index contributed by atoms with van der Waals surface area (Å²) < 4.78 is 10.6. The van der Waals surface area contributed by atoms with E-state index in [1.54, 1.807) is 0 Å². The Morgan fingerprint density at radius 1 is 1.33 bits per heavy atom. The second-order valence-electron chi connectivity index (χ2n) is 3.74. The molecule has 1 aromatic carbocycles. The van der Waals surface area contributed by atoms with Crippen molar-refractivity contribution < 1.29 is 9.47 Å². The van der Waals surface area contributed by atoms with Crippen LogP contribution in [0.4, 0.5) is 0 Å². The highest BCUT2D eigenvalue weighted by atomic mass is 16.6. The van der Waals surface area contributed by atoms with Crippen LogP contribution in [0, 0.1) is 6.92 Å². The Labute approximate surface area is 92.2 Å². The topological polar surface area (TPSA) is 21.8 Å². The lowest BCUT2D eigenvalue weighted by Crippen LogP contribution is -2.04. The van der Waals surface area contributed by atoms with Gasteiger partial charge in [0, 0.05) is 0 Å². The summed E-state index contributed by atoms with van der Waals surface area (Å²) in [4.78, 5) is 0. The molecule has 0 spiro atoms. The Morgan fingerprint density at radius 3 is 2.47 bits per heavy atom. The maximum atomic E-state index is 5.54. The zero-order valence-corrected chi connectivity index (χ0v) is 9.82. The van der Waals surface area contributed by atoms with Gasteiger partial charge in [0.1, 0.15) is 18.5 Å². The predicted octanol–water partition coefficient (Wildman–Crippen LogP) is 3.19. The number of aryl methyl sites for hydroxylation is 1. The molecular formula is C13H20O2. The van der Waals surface area contributed by atoms with Crippen molar-refractivity contribution in [3.05, 3.63) is 29.8 Å². The maximum absolute atomic E-state index is 5.54. The third-order valence-corrected chi connectivity index (χ3v) is 1.92. The van der Waals surface area contributed by atoms with Crippen LogP contribution in [0.25, 0.3) is 0 Å². The minimum absolute atomic E-state index is 0.338. The summed E-state index contributed by atoms with van der Waals surface area (Å²) in [6, 6.07) is 8.02. The first-order chi connectivity index (χ1) is 7.27. The van der Waals surface area contributed by atoms with Gasteiger partial charge in [-0.2, -0.15) is 0 Å². The minimum Gasteiger partial charge on any atom is -0.491 e. The molecule has 0 bridgehead atoms. The first-order valence-corrected chi connectivity index (χ1v) is 5.58. The molecule has 2 rings (SSSR count). The van der Waals surface area contributed by atoms with E-state index in [0.29, 0.717) is 12.7 Å². The summed E-state index contributed by atoms with van der Waals surface area (Å²) in [6.45, 7) is 7.83. The molecule has 1 atom stereocenters. The molecule has 1 unspecified atom stereocenters. The van der Waals surface area contributed by atoms with Crippen LogP contribution in [-0.4, -0.2) is 19.3 Å². The van der Waals surface area contributed by atoms with E-state index in [0.717, 1.165) is 12.4 Å². The van der Waals surface area contributed by atoms with Crippen LogP contribution in [0.5, 0.6) is 5.75 Å². The van der Waals surface area contributed by atoms with Gasteiger partial charge >= 0.3 is 0 Å². The van der Waals surface area contributed by atoms with Gasteiger partial charge < -0.3 is 9.47 Å². The van der Waals surface area contributed by atoms with E-state index in [1.807, 2.05) is 31.2 Å². The Bertz CT molecular complexity index is 280. The van der Waals surface area contributed by atoms with Gasteiger partial charge in [0.15, 0.2) is 0 Å². The molecule has 2 nitrogen and oxygen atoms in total. The first kappa shape index (κ1) is 12.1. The summed E-state index contributed by atoms with van der Waals surface area (Å²) >= 11 is 0. The maximum Gasteiger partial charge on any atom is 0.122 e. The van der Waals surface area contributed by atoms with Gasteiger partial charge in [-0.25, -0.2) is 0 Å². The summed E-state index contributed by atoms with van der Waals surface area (Å²) in [5, 5.41) is 0. The molecule has 1 aliphatic rings. The Morgan fingerprint density at radius 2 is 1.93 bits per heavy atom. The van der Waals surface area contributed by atoms with E-state index in [1.165, 1.54) is 12.0 Å². The van der Waals surface area contributed by atoms with Gasteiger partial charge in [-0.15, -0.1) is 0 Å². The van der Waals surface area contributed by atoms with E-state index in [9.17, 15) is 0 Å². The highest BCUT2D eigenvalue weighted by molar-refractivity contribution is 5.31. The second kappa shape index (κ2) is 6.46. The van der Waals surface area contributed by atoms with E-state index >= 15 is 0 Å². The Balaban J connectivity index is 0.000000337. The molecule has 1 aromatic rings. The van der Waals surface area contributed by atoms with Gasteiger partial charge in [0.05, 0.1) is 6.61 Å². The van der Waals surface area contributed by atoms with Crippen molar-refractivity contribution in [1.29, 1.82) is 0 Å². The van der Waals surface area contributed by atoms with Crippen LogP contribution in [0.15, 0.2) is 24.3 Å². The van der Waals surface area contributed by atoms with Crippen LogP contribution in [0.3, 0.4) is 0 Å². The van der Waals surface area contributed by atoms with Gasteiger partial charge in [-0.3, -0.25) is 0 Å². The van der Waals surface area contributed by atoms with Crippen molar-refractivity contribution in [2.24, 2.45) is 0 Å². The average molecular weight is 208 g/mol. The number of para-hydroxylation sites is 1. The molecule has 1 fully saturated rings. The number of epoxide rings is 1. The minimum atomic E-state index is 0.338. The van der Waals surface area contributed by atoms with Gasteiger partial charge in [0.2, 0.25) is 0 Å². The largest absolute Gasteiger partial charge is 0.491 e. The van der Waals surface area contributed by atoms with Gasteiger partial charge in [-0.1, -0.05) is 38.5 Å². The number of rotatable bonds is 3. The smallest absolute Gasteiger partial charge is 0.122 e. The van der Waals surface area contributed by atoms with E-state index < -0.39 is 0 Å². The van der Waals surface area contributed by atoms with E-state index in [4.69, 9.17) is 9.47 Å². The Kier molecular flexibility index (Phi) is 5.19. The van der Waals surface area contributed by atoms with Crippen LogP contribution in [-0.2, 0) is 4.74 Å². The van der Waals surface area contributed by atoms with Crippen LogP contribution < -0.4 is 4.74 Å². The molecule has 15 heavy (non-hydrogen) atoms. The molecule has 0 aromatic heterocycles. The monoisotopic (exact) mass is 208 g/mol. The SMILES string of the molecule is CCC.Cc1ccccc1OCC1CO1. The fourth-order valence-corrected chi connectivity index (χ4v) is 1.07. The van der Waals surface area contributed by atoms with Crippen molar-refractivity contribution in [1.82, 2.24) is 0 Å². The van der Waals surface area contributed by atoms with Crippen LogP contribution in [0.1, 0.15) is 25.8 Å². The number of hydrogen-bond donors (Lipinski definition) is 0. The molecule has 1 heterocycles. The number of ether oxygens (including phenoxy) is 2. The predicted molar refractivity (Wildman–Crippen MR) is 62.4 cm³/mol. The van der Waals surface area contributed by atoms with Crippen molar-refractivity contribution in [2.45, 2.75) is 33.3 Å². The fraction of sp³-hybridized carbons (Fsp3) is 0.538. The molecule has 0 radical (unpaired) electrons. The molecule has 84 valence electrons. The lowest BCUT2D eigenvalue weighted by molar-refractivity contribution is 0.262. The quantitative estimate of drug-likeness (QED) is 0.711. The van der Waals surface area contributed by atoms with E-state index in [2.05, 4.69) is 13.8 Å². The number of hydrogen-bond acceptors (Lipinski definition) is 2. The van der Waals surface area contributed by atoms with Crippen LogP contribution >= 0.6 is 0 Å². The molecule has 0 saturated carbocycles. The molecule has 0 amide bonds. The standard InChI is InChI=1S/C10H12O2.C3H8/c1-8-4-2-3-5-10(8)12-7-9-6-11-9;1-3-2/h2-5,9H,6-7H2,1H3;3H2,1-2H3. The first-order valence-electron chi connectivity index (χ1n) is 5.58. The summed E-state index contributed by atoms with van der Waals surface area (Å²) in [5.74, 6) is 0.966. The fourth-order valence-electron chi connectivity index (χ4n) is 1.07. The highest BCUT2D eigenvalue weighted by Crippen LogP contribution is 2.18. The van der Waals surface area contributed by atoms with Crippen molar-refractivity contribution in [2.75, 3.05) is 13.2 Å². The molecule has 0 aliphatic carbocycles. The van der Waals surface area contributed by atoms with Crippen LogP contribution in [0.2, 0.25) is 0 Å². The van der Waals surface area contributed by atoms with Crippen molar-refractivity contribution >= 4 is 0 Å². The Hall–Kier alpha value is -1.02. The van der Waals surface area contributed by atoms with Gasteiger partial charge in [-0.05, 0) is 18.6 Å². The summed E-state index contributed by atoms with van der Waals surface area (Å²) in [6.07, 6.45) is 1.59. The van der Waals surface area contributed by atoms with Gasteiger partial charge in [0.25, 0.3) is 0 Å². The van der Waals surface area contributed by atoms with E-state index in [-0.39, 0.29) is 0 Å². The molecule has 1 aliphatic heterocycles. The molecule has 0 N–H and O–H groups in total. The number of benzene rings is 1. The molecular weight excluding hydrogens is 188 g/mol. The molecule has 1 saturated heterocycles. The zero-order valence-electron chi connectivity index (χ0n) is 9.82. The lowest BCUT2D eigenvalue weighted by Gasteiger charge is -2.06. The zero-order chi connectivity index (χ0) is 11.1. The molecule has 2 heteroatoms. The normalized spacial score (nSPS) is 17.7.